The largest absolute Gasteiger partial charge is 0.486 e. The van der Waals surface area contributed by atoms with Crippen LogP contribution in [0, 0.1) is 13.8 Å². The van der Waals surface area contributed by atoms with Crippen LogP contribution in [0.3, 0.4) is 0 Å². The highest BCUT2D eigenvalue weighted by Crippen LogP contribution is 2.39. The van der Waals surface area contributed by atoms with Crippen LogP contribution in [-0.2, 0) is 4.74 Å². The quantitative estimate of drug-likeness (QED) is 0.823. The molecule has 0 bridgehead atoms. The van der Waals surface area contributed by atoms with E-state index in [0.717, 1.165) is 36.8 Å². The average Bonchev–Trinajstić information content (AvgIpc) is 2.44. The van der Waals surface area contributed by atoms with Crippen LogP contribution in [0.2, 0.25) is 0 Å². The summed E-state index contributed by atoms with van der Waals surface area (Å²) in [6.07, 6.45) is 0.119. The fourth-order valence-electron chi connectivity index (χ4n) is 2.57. The molecule has 3 rings (SSSR count). The van der Waals surface area contributed by atoms with Crippen LogP contribution in [0.15, 0.2) is 6.07 Å². The van der Waals surface area contributed by atoms with Crippen LogP contribution in [0.5, 0.6) is 11.5 Å². The molecule has 18 heavy (non-hydrogen) atoms. The van der Waals surface area contributed by atoms with Gasteiger partial charge in [-0.05, 0) is 36.6 Å². The summed E-state index contributed by atoms with van der Waals surface area (Å²) in [4.78, 5) is 0. The number of hydrogen-bond acceptors (Lipinski definition) is 4. The zero-order valence-corrected chi connectivity index (χ0v) is 10.9. The van der Waals surface area contributed by atoms with Crippen molar-refractivity contribution in [2.24, 2.45) is 0 Å². The lowest BCUT2D eigenvalue weighted by molar-refractivity contribution is 0.0269. The fourth-order valence-corrected chi connectivity index (χ4v) is 2.57. The minimum atomic E-state index is 0.119. The van der Waals surface area contributed by atoms with Crippen molar-refractivity contribution in [1.82, 2.24) is 5.32 Å². The van der Waals surface area contributed by atoms with E-state index >= 15 is 0 Å². The second kappa shape index (κ2) is 4.78. The number of nitrogens with one attached hydrogen (secondary N) is 1. The molecule has 1 N–H and O–H groups in total. The van der Waals surface area contributed by atoms with E-state index in [4.69, 9.17) is 14.2 Å². The minimum absolute atomic E-state index is 0.119. The Kier molecular flexibility index (Phi) is 3.14. The summed E-state index contributed by atoms with van der Waals surface area (Å²) in [5.41, 5.74) is 3.62. The maximum absolute atomic E-state index is 5.83. The smallest absolute Gasteiger partial charge is 0.164 e. The Morgan fingerprint density at radius 3 is 2.72 bits per heavy atom. The van der Waals surface area contributed by atoms with Gasteiger partial charge >= 0.3 is 0 Å². The maximum atomic E-state index is 5.83. The van der Waals surface area contributed by atoms with Crippen LogP contribution >= 0.6 is 0 Å². The van der Waals surface area contributed by atoms with Gasteiger partial charge in [-0.3, -0.25) is 0 Å². The Bertz CT molecular complexity index is 453. The van der Waals surface area contributed by atoms with Gasteiger partial charge in [0.05, 0.1) is 12.7 Å². The molecule has 98 valence electrons. The molecule has 2 heterocycles. The van der Waals surface area contributed by atoms with E-state index in [-0.39, 0.29) is 6.10 Å². The average molecular weight is 249 g/mol. The molecule has 0 spiro atoms. The molecule has 1 unspecified atom stereocenters. The monoisotopic (exact) mass is 249 g/mol. The third kappa shape index (κ3) is 1.95. The van der Waals surface area contributed by atoms with Crippen LogP contribution in [0.4, 0.5) is 0 Å². The van der Waals surface area contributed by atoms with Crippen molar-refractivity contribution in [2.75, 3.05) is 32.9 Å². The molecule has 0 saturated carbocycles. The summed E-state index contributed by atoms with van der Waals surface area (Å²) in [6, 6.07) is 2.08. The second-order valence-electron chi connectivity index (χ2n) is 4.80. The second-order valence-corrected chi connectivity index (χ2v) is 4.80. The van der Waals surface area contributed by atoms with Gasteiger partial charge in [-0.2, -0.15) is 0 Å². The lowest BCUT2D eigenvalue weighted by Gasteiger charge is -2.28. The van der Waals surface area contributed by atoms with E-state index in [1.807, 2.05) is 0 Å². The predicted molar refractivity (Wildman–Crippen MR) is 68.5 cm³/mol. The van der Waals surface area contributed by atoms with E-state index in [0.29, 0.717) is 13.2 Å². The molecule has 4 nitrogen and oxygen atoms in total. The molecular formula is C14H19NO3. The minimum Gasteiger partial charge on any atom is -0.486 e. The molecule has 0 aromatic heterocycles. The predicted octanol–water partition coefficient (Wildman–Crippen LogP) is 1.74. The van der Waals surface area contributed by atoms with E-state index in [2.05, 4.69) is 25.2 Å². The Morgan fingerprint density at radius 2 is 1.94 bits per heavy atom. The Hall–Kier alpha value is -1.26. The van der Waals surface area contributed by atoms with Crippen LogP contribution in [-0.4, -0.2) is 32.9 Å². The Morgan fingerprint density at radius 1 is 1.11 bits per heavy atom. The molecular weight excluding hydrogens is 230 g/mol. The van der Waals surface area contributed by atoms with E-state index in [1.165, 1.54) is 11.1 Å². The maximum Gasteiger partial charge on any atom is 0.164 e. The Balaban J connectivity index is 2.01. The molecule has 1 fully saturated rings. The molecule has 0 aliphatic carbocycles. The van der Waals surface area contributed by atoms with Crippen molar-refractivity contribution in [3.8, 4) is 11.5 Å². The van der Waals surface area contributed by atoms with Gasteiger partial charge in [0.15, 0.2) is 11.5 Å². The fraction of sp³-hybridized carbons (Fsp3) is 0.571. The van der Waals surface area contributed by atoms with Gasteiger partial charge in [0.1, 0.15) is 13.2 Å². The highest BCUT2D eigenvalue weighted by molar-refractivity contribution is 5.54. The standard InChI is InChI=1S/C14H19NO3/c1-9-10(2)14-12(17-5-6-18-14)7-11(9)13-8-15-3-4-16-13/h7,13,15H,3-6,8H2,1-2H3. The number of rotatable bonds is 1. The van der Waals surface area contributed by atoms with Gasteiger partial charge < -0.3 is 19.5 Å². The molecule has 1 saturated heterocycles. The number of hydrogen-bond donors (Lipinski definition) is 1. The van der Waals surface area contributed by atoms with Gasteiger partial charge in [-0.25, -0.2) is 0 Å². The lowest BCUT2D eigenvalue weighted by atomic mass is 9.96. The lowest BCUT2D eigenvalue weighted by Crippen LogP contribution is -2.33. The summed E-state index contributed by atoms with van der Waals surface area (Å²) in [6.45, 7) is 8.02. The van der Waals surface area contributed by atoms with Gasteiger partial charge in [0.2, 0.25) is 0 Å². The van der Waals surface area contributed by atoms with Crippen molar-refractivity contribution in [3.05, 3.63) is 22.8 Å². The van der Waals surface area contributed by atoms with Crippen molar-refractivity contribution in [1.29, 1.82) is 0 Å². The summed E-state index contributed by atoms with van der Waals surface area (Å²) in [5, 5.41) is 3.36. The molecule has 1 atom stereocenters. The van der Waals surface area contributed by atoms with Crippen molar-refractivity contribution < 1.29 is 14.2 Å². The summed E-state index contributed by atoms with van der Waals surface area (Å²) in [7, 11) is 0. The molecule has 0 radical (unpaired) electrons. The van der Waals surface area contributed by atoms with E-state index in [9.17, 15) is 0 Å². The number of fused-ring (bicyclic) bond motifs is 1. The van der Waals surface area contributed by atoms with Crippen LogP contribution in [0.25, 0.3) is 0 Å². The zero-order chi connectivity index (χ0) is 12.5. The van der Waals surface area contributed by atoms with Crippen LogP contribution < -0.4 is 14.8 Å². The summed E-state index contributed by atoms with van der Waals surface area (Å²) >= 11 is 0. The Labute approximate surface area is 107 Å². The highest BCUT2D eigenvalue weighted by atomic mass is 16.6. The van der Waals surface area contributed by atoms with Gasteiger partial charge in [0.25, 0.3) is 0 Å². The molecule has 1 aromatic rings. The first-order valence-corrected chi connectivity index (χ1v) is 6.49. The number of ether oxygens (including phenoxy) is 3. The molecule has 2 aliphatic heterocycles. The van der Waals surface area contributed by atoms with Crippen LogP contribution in [0.1, 0.15) is 22.8 Å². The van der Waals surface area contributed by atoms with Crippen molar-refractivity contribution in [2.45, 2.75) is 20.0 Å². The number of benzene rings is 1. The first-order valence-electron chi connectivity index (χ1n) is 6.49. The first-order chi connectivity index (χ1) is 8.77. The van der Waals surface area contributed by atoms with Gasteiger partial charge in [-0.1, -0.05) is 0 Å². The normalized spacial score (nSPS) is 22.9. The molecule has 0 amide bonds. The summed E-state index contributed by atoms with van der Waals surface area (Å²) in [5.74, 6) is 1.75. The molecule has 1 aromatic carbocycles. The van der Waals surface area contributed by atoms with E-state index < -0.39 is 0 Å². The molecule has 4 heteroatoms. The first kappa shape index (κ1) is 11.8. The third-order valence-corrected chi connectivity index (χ3v) is 3.71. The van der Waals surface area contributed by atoms with Crippen molar-refractivity contribution >= 4 is 0 Å². The number of morpholine rings is 1. The molecule has 2 aliphatic rings. The van der Waals surface area contributed by atoms with E-state index in [1.54, 1.807) is 0 Å². The third-order valence-electron chi connectivity index (χ3n) is 3.71. The topological polar surface area (TPSA) is 39.7 Å². The SMILES string of the molecule is Cc1c(C2CNCCO2)cc2c(c1C)OCCO2. The van der Waals surface area contributed by atoms with Gasteiger partial charge in [0, 0.05) is 13.1 Å². The highest BCUT2D eigenvalue weighted by Gasteiger charge is 2.24. The summed E-state index contributed by atoms with van der Waals surface area (Å²) < 4.78 is 17.2. The van der Waals surface area contributed by atoms with Crippen molar-refractivity contribution in [3.63, 3.8) is 0 Å². The van der Waals surface area contributed by atoms with Gasteiger partial charge in [-0.15, -0.1) is 0 Å². The zero-order valence-electron chi connectivity index (χ0n) is 10.9.